The molecule has 18 heavy (non-hydrogen) atoms. The summed E-state index contributed by atoms with van der Waals surface area (Å²) in [6.45, 7) is 6.74. The second kappa shape index (κ2) is 6.53. The summed E-state index contributed by atoms with van der Waals surface area (Å²) in [6, 6.07) is 2.76. The van der Waals surface area contributed by atoms with E-state index < -0.39 is 0 Å². The van der Waals surface area contributed by atoms with E-state index in [-0.39, 0.29) is 0 Å². The third kappa shape index (κ3) is 3.24. The molecular weight excluding hydrogens is 244 g/mol. The first-order valence-electron chi connectivity index (χ1n) is 7.08. The minimum absolute atomic E-state index is 0.550. The Labute approximate surface area is 115 Å². The minimum atomic E-state index is 0.550. The van der Waals surface area contributed by atoms with Crippen LogP contribution in [-0.4, -0.2) is 23.0 Å². The van der Waals surface area contributed by atoms with E-state index in [1.54, 1.807) is 0 Å². The Morgan fingerprint density at radius 1 is 1.44 bits per heavy atom. The molecule has 2 heterocycles. The van der Waals surface area contributed by atoms with E-state index in [4.69, 9.17) is 11.6 Å². The Morgan fingerprint density at radius 2 is 2.28 bits per heavy atom. The molecule has 3 heteroatoms. The molecule has 0 radical (unpaired) electrons. The van der Waals surface area contributed by atoms with Crippen molar-refractivity contribution in [3.8, 4) is 0 Å². The number of likely N-dealkylation sites (tertiary alicyclic amines) is 1. The van der Waals surface area contributed by atoms with E-state index in [1.165, 1.54) is 50.8 Å². The smallest absolute Gasteiger partial charge is 0.131 e. The SMILES string of the molecule is CCCCN1CCCC[C@@H]1c1cnc(Cl)c(C)c1. The first-order chi connectivity index (χ1) is 8.72. The van der Waals surface area contributed by atoms with E-state index in [9.17, 15) is 0 Å². The van der Waals surface area contributed by atoms with Crippen molar-refractivity contribution in [1.82, 2.24) is 9.88 Å². The topological polar surface area (TPSA) is 16.1 Å². The Kier molecular flexibility index (Phi) is 5.02. The molecule has 1 aliphatic heterocycles. The van der Waals surface area contributed by atoms with Gasteiger partial charge < -0.3 is 0 Å². The lowest BCUT2D eigenvalue weighted by molar-refractivity contribution is 0.146. The molecule has 0 bridgehead atoms. The summed E-state index contributed by atoms with van der Waals surface area (Å²) in [4.78, 5) is 6.93. The summed E-state index contributed by atoms with van der Waals surface area (Å²) >= 11 is 6.01. The van der Waals surface area contributed by atoms with Gasteiger partial charge in [0, 0.05) is 12.2 Å². The first kappa shape index (κ1) is 13.8. The van der Waals surface area contributed by atoms with Gasteiger partial charge in [-0.15, -0.1) is 0 Å². The number of halogens is 1. The van der Waals surface area contributed by atoms with E-state index in [0.717, 1.165) is 5.56 Å². The summed E-state index contributed by atoms with van der Waals surface area (Å²) in [6.07, 6.45) is 8.43. The standard InChI is InChI=1S/C15H23ClN2/c1-3-4-8-18-9-6-5-7-14(18)13-10-12(2)15(16)17-11-13/h10-11,14H,3-9H2,1-2H3/t14-/m1/s1. The molecule has 0 unspecified atom stereocenters. The first-order valence-corrected chi connectivity index (χ1v) is 7.46. The minimum Gasteiger partial charge on any atom is -0.296 e. The van der Waals surface area contributed by atoms with Gasteiger partial charge in [-0.05, 0) is 56.5 Å². The Balaban J connectivity index is 2.14. The molecule has 2 nitrogen and oxygen atoms in total. The molecule has 1 saturated heterocycles. The van der Waals surface area contributed by atoms with Gasteiger partial charge in [-0.3, -0.25) is 4.90 Å². The molecule has 2 rings (SSSR count). The van der Waals surface area contributed by atoms with Crippen LogP contribution in [0.4, 0.5) is 0 Å². The van der Waals surface area contributed by atoms with E-state index in [1.807, 2.05) is 13.1 Å². The van der Waals surface area contributed by atoms with E-state index in [0.29, 0.717) is 11.2 Å². The molecule has 0 saturated carbocycles. The van der Waals surface area contributed by atoms with Gasteiger partial charge in [-0.2, -0.15) is 0 Å². The summed E-state index contributed by atoms with van der Waals surface area (Å²) in [5.41, 5.74) is 2.43. The van der Waals surface area contributed by atoms with Gasteiger partial charge in [-0.1, -0.05) is 31.4 Å². The number of hydrogen-bond donors (Lipinski definition) is 0. The number of hydrogen-bond acceptors (Lipinski definition) is 2. The van der Waals surface area contributed by atoms with Gasteiger partial charge in [0.15, 0.2) is 0 Å². The highest BCUT2D eigenvalue weighted by molar-refractivity contribution is 6.30. The van der Waals surface area contributed by atoms with Crippen molar-refractivity contribution in [2.24, 2.45) is 0 Å². The molecule has 1 aromatic heterocycles. The number of aryl methyl sites for hydroxylation is 1. The van der Waals surface area contributed by atoms with Gasteiger partial charge in [0.1, 0.15) is 5.15 Å². The van der Waals surface area contributed by atoms with Gasteiger partial charge in [-0.25, -0.2) is 4.98 Å². The average molecular weight is 267 g/mol. The van der Waals surface area contributed by atoms with E-state index in [2.05, 4.69) is 22.9 Å². The number of unbranched alkanes of at least 4 members (excludes halogenated alkanes) is 1. The molecule has 1 aromatic rings. The maximum Gasteiger partial charge on any atom is 0.131 e. The van der Waals surface area contributed by atoms with Gasteiger partial charge in [0.2, 0.25) is 0 Å². The van der Waals surface area contributed by atoms with Crippen LogP contribution in [0.5, 0.6) is 0 Å². The summed E-state index contributed by atoms with van der Waals surface area (Å²) in [5, 5.41) is 0.634. The van der Waals surface area contributed by atoms with Crippen molar-refractivity contribution in [1.29, 1.82) is 0 Å². The number of pyridine rings is 1. The zero-order valence-corrected chi connectivity index (χ0v) is 12.2. The fourth-order valence-electron chi connectivity index (χ4n) is 2.76. The van der Waals surface area contributed by atoms with Crippen molar-refractivity contribution in [2.75, 3.05) is 13.1 Å². The van der Waals surface area contributed by atoms with Crippen LogP contribution >= 0.6 is 11.6 Å². The van der Waals surface area contributed by atoms with Gasteiger partial charge in [0.05, 0.1) is 0 Å². The van der Waals surface area contributed by atoms with Crippen molar-refractivity contribution >= 4 is 11.6 Å². The summed E-state index contributed by atoms with van der Waals surface area (Å²) < 4.78 is 0. The summed E-state index contributed by atoms with van der Waals surface area (Å²) in [7, 11) is 0. The number of rotatable bonds is 4. The van der Waals surface area contributed by atoms with Gasteiger partial charge in [0.25, 0.3) is 0 Å². The third-order valence-corrected chi connectivity index (χ3v) is 4.23. The monoisotopic (exact) mass is 266 g/mol. The highest BCUT2D eigenvalue weighted by Crippen LogP contribution is 2.31. The van der Waals surface area contributed by atoms with Crippen molar-refractivity contribution in [3.63, 3.8) is 0 Å². The summed E-state index contributed by atoms with van der Waals surface area (Å²) in [5.74, 6) is 0. The fourth-order valence-corrected chi connectivity index (χ4v) is 2.86. The third-order valence-electron chi connectivity index (χ3n) is 3.83. The van der Waals surface area contributed by atoms with Crippen LogP contribution in [0.1, 0.15) is 56.2 Å². The molecule has 1 atom stereocenters. The van der Waals surface area contributed by atoms with Crippen molar-refractivity contribution in [3.05, 3.63) is 28.5 Å². The van der Waals surface area contributed by atoms with Crippen LogP contribution in [0.3, 0.4) is 0 Å². The quantitative estimate of drug-likeness (QED) is 0.753. The Hall–Kier alpha value is -0.600. The second-order valence-electron chi connectivity index (χ2n) is 5.28. The van der Waals surface area contributed by atoms with E-state index >= 15 is 0 Å². The van der Waals surface area contributed by atoms with Crippen LogP contribution in [0.15, 0.2) is 12.3 Å². The molecular formula is C15H23ClN2. The molecule has 0 amide bonds. The maximum atomic E-state index is 6.01. The predicted octanol–water partition coefficient (Wildman–Crippen LogP) is 4.37. The molecule has 0 spiro atoms. The highest BCUT2D eigenvalue weighted by Gasteiger charge is 2.23. The van der Waals surface area contributed by atoms with Gasteiger partial charge >= 0.3 is 0 Å². The van der Waals surface area contributed by atoms with Crippen molar-refractivity contribution in [2.45, 2.75) is 52.0 Å². The van der Waals surface area contributed by atoms with Crippen LogP contribution in [-0.2, 0) is 0 Å². The lowest BCUT2D eigenvalue weighted by atomic mass is 9.95. The molecule has 1 fully saturated rings. The van der Waals surface area contributed by atoms with Crippen LogP contribution < -0.4 is 0 Å². The fraction of sp³-hybridized carbons (Fsp3) is 0.667. The maximum absolute atomic E-state index is 6.01. The van der Waals surface area contributed by atoms with Crippen molar-refractivity contribution < 1.29 is 0 Å². The number of piperidine rings is 1. The van der Waals surface area contributed by atoms with Crippen LogP contribution in [0.25, 0.3) is 0 Å². The zero-order chi connectivity index (χ0) is 13.0. The number of nitrogens with zero attached hydrogens (tertiary/aromatic N) is 2. The predicted molar refractivity (Wildman–Crippen MR) is 77.1 cm³/mol. The lowest BCUT2D eigenvalue weighted by Gasteiger charge is -2.36. The molecule has 100 valence electrons. The second-order valence-corrected chi connectivity index (χ2v) is 5.64. The zero-order valence-electron chi connectivity index (χ0n) is 11.5. The molecule has 0 N–H and O–H groups in total. The van der Waals surface area contributed by atoms with Crippen LogP contribution in [0.2, 0.25) is 5.15 Å². The highest BCUT2D eigenvalue weighted by atomic mass is 35.5. The Morgan fingerprint density at radius 3 is 3.00 bits per heavy atom. The Bertz CT molecular complexity index is 392. The molecule has 0 aromatic carbocycles. The lowest BCUT2D eigenvalue weighted by Crippen LogP contribution is -2.34. The number of aromatic nitrogens is 1. The molecule has 0 aliphatic carbocycles. The van der Waals surface area contributed by atoms with Crippen LogP contribution in [0, 0.1) is 6.92 Å². The normalized spacial score (nSPS) is 21.2. The average Bonchev–Trinajstić information content (AvgIpc) is 2.40. The molecule has 1 aliphatic rings. The largest absolute Gasteiger partial charge is 0.296 e.